The van der Waals surface area contributed by atoms with Gasteiger partial charge in [-0.3, -0.25) is 14.4 Å². The number of piperazine rings is 1. The van der Waals surface area contributed by atoms with Gasteiger partial charge in [0.2, 0.25) is 11.8 Å². The predicted octanol–water partition coefficient (Wildman–Crippen LogP) is 5.01. The first kappa shape index (κ1) is 30.3. The molecule has 1 fully saturated rings. The van der Waals surface area contributed by atoms with Crippen LogP contribution >= 0.6 is 12.2 Å². The molecule has 1 aliphatic heterocycles. The molecule has 1 saturated heterocycles. The predicted molar refractivity (Wildman–Crippen MR) is 140 cm³/mol. The SMILES string of the molecule is CCCCCCCCCCCCOC(=O)CC1C(=O)NCCN1C(=S)NC(=O)CCCCCC. The Labute approximate surface area is 212 Å². The first-order valence-corrected chi connectivity index (χ1v) is 13.9. The normalized spacial score (nSPS) is 15.6. The van der Waals surface area contributed by atoms with Gasteiger partial charge in [0.25, 0.3) is 0 Å². The maximum Gasteiger partial charge on any atom is 0.308 e. The highest BCUT2D eigenvalue weighted by atomic mass is 32.1. The third-order valence-electron chi connectivity index (χ3n) is 6.22. The lowest BCUT2D eigenvalue weighted by Crippen LogP contribution is -2.60. The zero-order chi connectivity index (χ0) is 25.0. The Morgan fingerprint density at radius 1 is 0.941 bits per heavy atom. The van der Waals surface area contributed by atoms with Crippen molar-refractivity contribution in [2.75, 3.05) is 19.7 Å². The first-order chi connectivity index (χ1) is 16.5. The summed E-state index contributed by atoms with van der Waals surface area (Å²) in [6, 6.07) is -0.748. The Hall–Kier alpha value is -1.70. The van der Waals surface area contributed by atoms with Crippen LogP contribution in [-0.4, -0.2) is 53.5 Å². The Morgan fingerprint density at radius 2 is 1.50 bits per heavy atom. The maximum atomic E-state index is 12.4. The van der Waals surface area contributed by atoms with Crippen LogP contribution in [0.2, 0.25) is 0 Å². The summed E-state index contributed by atoms with van der Waals surface area (Å²) in [6.45, 7) is 5.62. The summed E-state index contributed by atoms with van der Waals surface area (Å²) in [5.41, 5.74) is 0. The molecule has 1 atom stereocenters. The number of carbonyl (C=O) groups excluding carboxylic acids is 3. The molecule has 1 aliphatic rings. The zero-order valence-electron chi connectivity index (χ0n) is 21.5. The molecule has 0 aromatic heterocycles. The number of nitrogens with zero attached hydrogens (tertiary/aromatic N) is 1. The number of nitrogens with one attached hydrogen (secondary N) is 2. The van der Waals surface area contributed by atoms with Crippen molar-refractivity contribution in [2.45, 2.75) is 123 Å². The molecule has 7 nitrogen and oxygen atoms in total. The van der Waals surface area contributed by atoms with E-state index in [2.05, 4.69) is 24.5 Å². The largest absolute Gasteiger partial charge is 0.466 e. The van der Waals surface area contributed by atoms with Gasteiger partial charge in [-0.15, -0.1) is 0 Å². The van der Waals surface area contributed by atoms with Crippen LogP contribution in [0.15, 0.2) is 0 Å². The molecule has 196 valence electrons. The number of amides is 2. The van der Waals surface area contributed by atoms with Gasteiger partial charge in [-0.2, -0.15) is 0 Å². The van der Waals surface area contributed by atoms with E-state index >= 15 is 0 Å². The third kappa shape index (κ3) is 13.9. The highest BCUT2D eigenvalue weighted by Gasteiger charge is 2.34. The number of rotatable bonds is 18. The quantitative estimate of drug-likeness (QED) is 0.157. The fraction of sp³-hybridized carbons (Fsp3) is 0.846. The second-order valence-electron chi connectivity index (χ2n) is 9.27. The number of hydrogen-bond acceptors (Lipinski definition) is 5. The Bertz CT molecular complexity index is 615. The molecular formula is C26H47N3O4S. The summed E-state index contributed by atoms with van der Waals surface area (Å²) < 4.78 is 5.37. The van der Waals surface area contributed by atoms with Crippen molar-refractivity contribution in [3.8, 4) is 0 Å². The number of esters is 1. The van der Waals surface area contributed by atoms with Gasteiger partial charge < -0.3 is 20.3 Å². The van der Waals surface area contributed by atoms with E-state index in [0.29, 0.717) is 26.1 Å². The second-order valence-corrected chi connectivity index (χ2v) is 9.66. The molecule has 0 aromatic carbocycles. The van der Waals surface area contributed by atoms with Gasteiger partial charge in [0.05, 0.1) is 13.0 Å². The highest BCUT2D eigenvalue weighted by molar-refractivity contribution is 7.80. The molecular weight excluding hydrogens is 450 g/mol. The summed E-state index contributed by atoms with van der Waals surface area (Å²) in [6.07, 6.45) is 16.6. The molecule has 0 aromatic rings. The number of thiocarbonyl (C=S) groups is 1. The molecule has 8 heteroatoms. The summed E-state index contributed by atoms with van der Waals surface area (Å²) in [4.78, 5) is 38.6. The molecule has 0 spiro atoms. The van der Waals surface area contributed by atoms with Crippen LogP contribution in [0.1, 0.15) is 117 Å². The summed E-state index contributed by atoms with van der Waals surface area (Å²) in [5.74, 6) is -0.812. The fourth-order valence-electron chi connectivity index (χ4n) is 4.12. The lowest BCUT2D eigenvalue weighted by molar-refractivity contribution is -0.147. The Balaban J connectivity index is 2.27. The lowest BCUT2D eigenvalue weighted by Gasteiger charge is -2.36. The van der Waals surface area contributed by atoms with E-state index in [1.54, 1.807) is 4.90 Å². The zero-order valence-corrected chi connectivity index (χ0v) is 22.3. The van der Waals surface area contributed by atoms with Gasteiger partial charge in [-0.1, -0.05) is 90.9 Å². The van der Waals surface area contributed by atoms with E-state index in [4.69, 9.17) is 17.0 Å². The topological polar surface area (TPSA) is 87.7 Å². The Kier molecular flexibility index (Phi) is 17.5. The highest BCUT2D eigenvalue weighted by Crippen LogP contribution is 2.13. The molecule has 0 bridgehead atoms. The molecule has 1 rings (SSSR count). The molecule has 0 saturated carbocycles. The van der Waals surface area contributed by atoms with Crippen molar-refractivity contribution in [3.05, 3.63) is 0 Å². The number of unbranched alkanes of at least 4 members (excludes halogenated alkanes) is 12. The summed E-state index contributed by atoms with van der Waals surface area (Å²) >= 11 is 5.38. The van der Waals surface area contributed by atoms with Crippen LogP contribution in [0.3, 0.4) is 0 Å². The van der Waals surface area contributed by atoms with Crippen molar-refractivity contribution >= 4 is 35.1 Å². The summed E-state index contributed by atoms with van der Waals surface area (Å²) in [7, 11) is 0. The number of hydrogen-bond donors (Lipinski definition) is 2. The van der Waals surface area contributed by atoms with Crippen LogP contribution in [-0.2, 0) is 19.1 Å². The van der Waals surface area contributed by atoms with Gasteiger partial charge in [-0.05, 0) is 25.1 Å². The number of ether oxygens (including phenoxy) is 1. The van der Waals surface area contributed by atoms with E-state index in [-0.39, 0.29) is 23.3 Å². The van der Waals surface area contributed by atoms with E-state index in [0.717, 1.165) is 44.9 Å². The van der Waals surface area contributed by atoms with Crippen molar-refractivity contribution in [1.29, 1.82) is 0 Å². The molecule has 2 amide bonds. The smallest absolute Gasteiger partial charge is 0.308 e. The first-order valence-electron chi connectivity index (χ1n) is 13.5. The standard InChI is InChI=1S/C26H47N3O4S/c1-3-5-7-9-10-11-12-13-14-16-20-33-24(31)21-22-25(32)27-18-19-29(22)26(34)28-23(30)17-15-8-6-4-2/h22H,3-21H2,1-2H3,(H,27,32)(H,28,30,34). The average Bonchev–Trinajstić information content (AvgIpc) is 2.81. The van der Waals surface area contributed by atoms with E-state index in [9.17, 15) is 14.4 Å². The van der Waals surface area contributed by atoms with Gasteiger partial charge in [0, 0.05) is 19.5 Å². The van der Waals surface area contributed by atoms with Crippen LogP contribution < -0.4 is 10.6 Å². The average molecular weight is 498 g/mol. The van der Waals surface area contributed by atoms with Crippen LogP contribution in [0.25, 0.3) is 0 Å². The number of carbonyl (C=O) groups is 3. The van der Waals surface area contributed by atoms with Crippen LogP contribution in [0, 0.1) is 0 Å². The minimum Gasteiger partial charge on any atom is -0.466 e. The minimum atomic E-state index is -0.748. The van der Waals surface area contributed by atoms with Crippen molar-refractivity contribution in [2.24, 2.45) is 0 Å². The molecule has 1 heterocycles. The third-order valence-corrected chi connectivity index (χ3v) is 6.55. The van der Waals surface area contributed by atoms with Crippen molar-refractivity contribution in [3.63, 3.8) is 0 Å². The monoisotopic (exact) mass is 497 g/mol. The minimum absolute atomic E-state index is 0.0733. The molecule has 34 heavy (non-hydrogen) atoms. The molecule has 2 N–H and O–H groups in total. The van der Waals surface area contributed by atoms with Gasteiger partial charge in [0.15, 0.2) is 5.11 Å². The van der Waals surface area contributed by atoms with Gasteiger partial charge in [-0.25, -0.2) is 0 Å². The van der Waals surface area contributed by atoms with Crippen molar-refractivity contribution < 1.29 is 19.1 Å². The summed E-state index contributed by atoms with van der Waals surface area (Å²) in [5, 5.41) is 5.71. The second kappa shape index (κ2) is 19.6. The molecule has 0 aliphatic carbocycles. The lowest BCUT2D eigenvalue weighted by atomic mass is 10.1. The van der Waals surface area contributed by atoms with E-state index in [1.165, 1.54) is 44.9 Å². The fourth-order valence-corrected chi connectivity index (χ4v) is 4.45. The van der Waals surface area contributed by atoms with Crippen LogP contribution in [0.5, 0.6) is 0 Å². The van der Waals surface area contributed by atoms with Crippen molar-refractivity contribution in [1.82, 2.24) is 15.5 Å². The van der Waals surface area contributed by atoms with E-state index < -0.39 is 12.0 Å². The molecule has 1 unspecified atom stereocenters. The van der Waals surface area contributed by atoms with Crippen LogP contribution in [0.4, 0.5) is 0 Å². The molecule has 0 radical (unpaired) electrons. The van der Waals surface area contributed by atoms with Gasteiger partial charge in [0.1, 0.15) is 6.04 Å². The maximum absolute atomic E-state index is 12.4. The Morgan fingerprint density at radius 3 is 2.12 bits per heavy atom. The van der Waals surface area contributed by atoms with Gasteiger partial charge >= 0.3 is 5.97 Å². The van der Waals surface area contributed by atoms with E-state index in [1.807, 2.05) is 0 Å².